The van der Waals surface area contributed by atoms with Crippen LogP contribution in [0.25, 0.3) is 0 Å². The third-order valence-electron chi connectivity index (χ3n) is 1.72. The Morgan fingerprint density at radius 3 is 2.67 bits per heavy atom. The van der Waals surface area contributed by atoms with Gasteiger partial charge in [-0.2, -0.15) is 0 Å². The number of hydrogen-bond acceptors (Lipinski definition) is 2. The molecule has 0 amide bonds. The Balaban J connectivity index is 3.26. The molecule has 0 saturated heterocycles. The molecule has 0 aliphatic rings. The molecule has 0 bridgehead atoms. The lowest BCUT2D eigenvalue weighted by atomic mass is 10.1. The average Bonchev–Trinajstić information content (AvgIpc) is 2.06. The van der Waals surface area contributed by atoms with E-state index in [1.165, 1.54) is 0 Å². The van der Waals surface area contributed by atoms with Gasteiger partial charge in [0.2, 0.25) is 0 Å². The van der Waals surface area contributed by atoms with Crippen LogP contribution in [0.15, 0.2) is 12.2 Å². The van der Waals surface area contributed by atoms with Gasteiger partial charge in [-0.15, -0.1) is 0 Å². The number of aliphatic hydroxyl groups is 2. The summed E-state index contributed by atoms with van der Waals surface area (Å²) in [7, 11) is 0. The van der Waals surface area contributed by atoms with Crippen LogP contribution in [0.4, 0.5) is 0 Å². The van der Waals surface area contributed by atoms with E-state index in [0.29, 0.717) is 0 Å². The van der Waals surface area contributed by atoms with E-state index in [0.717, 1.165) is 32.1 Å². The second-order valence-electron chi connectivity index (χ2n) is 3.00. The maximum absolute atomic E-state index is 9.33. The molecular formula is C10H20O2. The zero-order chi connectivity index (χ0) is 9.23. The molecule has 1 atom stereocenters. The minimum absolute atomic E-state index is 0.228. The highest BCUT2D eigenvalue weighted by molar-refractivity contribution is 4.87. The van der Waals surface area contributed by atoms with Crippen molar-refractivity contribution in [1.82, 2.24) is 0 Å². The van der Waals surface area contributed by atoms with Crippen LogP contribution in [0.3, 0.4) is 0 Å². The number of allylic oxidation sites excluding steroid dienone is 1. The smallest absolute Gasteiger partial charge is 0.0720 e. The maximum atomic E-state index is 9.33. The number of rotatable bonds is 7. The summed E-state index contributed by atoms with van der Waals surface area (Å²) >= 11 is 0. The van der Waals surface area contributed by atoms with E-state index in [1.54, 1.807) is 0 Å². The summed E-state index contributed by atoms with van der Waals surface area (Å²) in [5.41, 5.74) is 0. The normalized spacial score (nSPS) is 13.9. The fraction of sp³-hybridized carbons (Fsp3) is 0.800. The summed E-state index contributed by atoms with van der Waals surface area (Å²) in [6, 6.07) is 0. The molecular weight excluding hydrogens is 152 g/mol. The van der Waals surface area contributed by atoms with Crippen molar-refractivity contribution in [1.29, 1.82) is 0 Å². The van der Waals surface area contributed by atoms with E-state index in [1.807, 2.05) is 12.2 Å². The first-order valence-electron chi connectivity index (χ1n) is 4.76. The lowest BCUT2D eigenvalue weighted by molar-refractivity contribution is 0.200. The van der Waals surface area contributed by atoms with Gasteiger partial charge in [0, 0.05) is 6.61 Å². The fourth-order valence-corrected chi connectivity index (χ4v) is 0.981. The molecule has 0 radical (unpaired) electrons. The van der Waals surface area contributed by atoms with Crippen LogP contribution in [0.1, 0.15) is 39.0 Å². The van der Waals surface area contributed by atoms with Crippen molar-refractivity contribution >= 4 is 0 Å². The summed E-state index contributed by atoms with van der Waals surface area (Å²) < 4.78 is 0. The molecule has 0 aromatic heterocycles. The Bertz CT molecular complexity index is 110. The minimum Gasteiger partial charge on any atom is -0.396 e. The van der Waals surface area contributed by atoms with Gasteiger partial charge in [0.15, 0.2) is 0 Å². The largest absolute Gasteiger partial charge is 0.396 e. The molecule has 0 fully saturated rings. The number of aliphatic hydroxyl groups excluding tert-OH is 2. The van der Waals surface area contributed by atoms with Gasteiger partial charge >= 0.3 is 0 Å². The molecule has 2 nitrogen and oxygen atoms in total. The monoisotopic (exact) mass is 172 g/mol. The van der Waals surface area contributed by atoms with Gasteiger partial charge in [0.25, 0.3) is 0 Å². The quantitative estimate of drug-likeness (QED) is 0.454. The van der Waals surface area contributed by atoms with Crippen molar-refractivity contribution < 1.29 is 10.2 Å². The Morgan fingerprint density at radius 2 is 2.08 bits per heavy atom. The summed E-state index contributed by atoms with van der Waals surface area (Å²) in [5.74, 6) is 0. The van der Waals surface area contributed by atoms with Gasteiger partial charge in [-0.05, 0) is 25.7 Å². The topological polar surface area (TPSA) is 40.5 Å². The van der Waals surface area contributed by atoms with E-state index in [2.05, 4.69) is 6.92 Å². The third-order valence-corrected chi connectivity index (χ3v) is 1.72. The summed E-state index contributed by atoms with van der Waals surface area (Å²) in [6.07, 6.45) is 8.16. The second-order valence-corrected chi connectivity index (χ2v) is 3.00. The van der Waals surface area contributed by atoms with E-state index in [-0.39, 0.29) is 12.7 Å². The van der Waals surface area contributed by atoms with Gasteiger partial charge in [-0.1, -0.05) is 25.5 Å². The number of unbranched alkanes of at least 4 members (excludes halogenated alkanes) is 2. The van der Waals surface area contributed by atoms with Gasteiger partial charge in [-0.25, -0.2) is 0 Å². The Kier molecular flexibility index (Phi) is 8.51. The molecule has 0 saturated carbocycles. The standard InChI is InChI=1S/C10H20O2/c1-2-3-4-7-10(12)8-5-6-9-11/h4,7,10-12H,2-3,5-6,8-9H2,1H3. The minimum atomic E-state index is -0.317. The summed E-state index contributed by atoms with van der Waals surface area (Å²) in [4.78, 5) is 0. The molecule has 1 unspecified atom stereocenters. The fourth-order valence-electron chi connectivity index (χ4n) is 0.981. The van der Waals surface area contributed by atoms with Crippen molar-refractivity contribution in [3.05, 3.63) is 12.2 Å². The van der Waals surface area contributed by atoms with Gasteiger partial charge in [-0.3, -0.25) is 0 Å². The van der Waals surface area contributed by atoms with E-state index < -0.39 is 0 Å². The van der Waals surface area contributed by atoms with E-state index in [4.69, 9.17) is 5.11 Å². The van der Waals surface area contributed by atoms with E-state index in [9.17, 15) is 5.11 Å². The molecule has 0 spiro atoms. The zero-order valence-corrected chi connectivity index (χ0v) is 7.87. The Hall–Kier alpha value is -0.340. The van der Waals surface area contributed by atoms with Crippen LogP contribution >= 0.6 is 0 Å². The molecule has 0 rings (SSSR count). The first-order chi connectivity index (χ1) is 5.81. The van der Waals surface area contributed by atoms with Crippen LogP contribution in [0.2, 0.25) is 0 Å². The van der Waals surface area contributed by atoms with Gasteiger partial charge in [0.05, 0.1) is 6.10 Å². The molecule has 0 aromatic carbocycles. The second kappa shape index (κ2) is 8.75. The molecule has 2 heteroatoms. The van der Waals surface area contributed by atoms with Crippen LogP contribution < -0.4 is 0 Å². The highest BCUT2D eigenvalue weighted by Crippen LogP contribution is 2.02. The highest BCUT2D eigenvalue weighted by Gasteiger charge is 1.96. The maximum Gasteiger partial charge on any atom is 0.0720 e. The lowest BCUT2D eigenvalue weighted by Crippen LogP contribution is -2.01. The van der Waals surface area contributed by atoms with Gasteiger partial charge < -0.3 is 10.2 Å². The van der Waals surface area contributed by atoms with Crippen molar-refractivity contribution in [2.45, 2.75) is 45.1 Å². The molecule has 0 aliphatic carbocycles. The molecule has 12 heavy (non-hydrogen) atoms. The van der Waals surface area contributed by atoms with Crippen molar-refractivity contribution in [3.8, 4) is 0 Å². The first-order valence-corrected chi connectivity index (χ1v) is 4.76. The third kappa shape index (κ3) is 7.76. The Labute approximate surface area is 74.9 Å². The summed E-state index contributed by atoms with van der Waals surface area (Å²) in [6.45, 7) is 2.34. The molecule has 2 N–H and O–H groups in total. The zero-order valence-electron chi connectivity index (χ0n) is 7.87. The predicted octanol–water partition coefficient (Wildman–Crippen LogP) is 1.87. The van der Waals surface area contributed by atoms with Gasteiger partial charge in [0.1, 0.15) is 0 Å². The van der Waals surface area contributed by atoms with Crippen molar-refractivity contribution in [2.75, 3.05) is 6.61 Å². The van der Waals surface area contributed by atoms with Crippen LogP contribution in [-0.4, -0.2) is 22.9 Å². The SMILES string of the molecule is CCCC=CC(O)CCCCO. The lowest BCUT2D eigenvalue weighted by Gasteiger charge is -2.03. The highest BCUT2D eigenvalue weighted by atomic mass is 16.3. The van der Waals surface area contributed by atoms with Crippen molar-refractivity contribution in [2.24, 2.45) is 0 Å². The van der Waals surface area contributed by atoms with Crippen molar-refractivity contribution in [3.63, 3.8) is 0 Å². The molecule has 72 valence electrons. The van der Waals surface area contributed by atoms with Crippen LogP contribution in [0.5, 0.6) is 0 Å². The molecule has 0 heterocycles. The summed E-state index contributed by atoms with van der Waals surface area (Å²) in [5, 5.41) is 17.8. The van der Waals surface area contributed by atoms with E-state index >= 15 is 0 Å². The average molecular weight is 172 g/mol. The number of hydrogen-bond donors (Lipinski definition) is 2. The van der Waals surface area contributed by atoms with Crippen LogP contribution in [-0.2, 0) is 0 Å². The predicted molar refractivity (Wildman–Crippen MR) is 51.0 cm³/mol. The molecule has 0 aromatic rings. The Morgan fingerprint density at radius 1 is 1.33 bits per heavy atom. The van der Waals surface area contributed by atoms with Crippen LogP contribution in [0, 0.1) is 0 Å². The molecule has 0 aliphatic heterocycles. The first kappa shape index (κ1) is 11.7.